The zero-order chi connectivity index (χ0) is 17.4. The Hall–Kier alpha value is -2.61. The lowest BCUT2D eigenvalue weighted by atomic mass is 10.2. The number of carbonyl (C=O) groups excluding carboxylic acids is 1. The summed E-state index contributed by atoms with van der Waals surface area (Å²) in [7, 11) is 0. The number of thiophene rings is 1. The van der Waals surface area contributed by atoms with Gasteiger partial charge in [0.15, 0.2) is 11.6 Å². The van der Waals surface area contributed by atoms with Crippen LogP contribution in [0.25, 0.3) is 10.2 Å². The van der Waals surface area contributed by atoms with Crippen molar-refractivity contribution in [2.75, 3.05) is 5.32 Å². The summed E-state index contributed by atoms with van der Waals surface area (Å²) < 4.78 is 27.6. The molecule has 0 saturated carbocycles. The molecule has 0 bridgehead atoms. The lowest BCUT2D eigenvalue weighted by molar-refractivity contribution is 0.103. The first-order valence-electron chi connectivity index (χ1n) is 7.17. The van der Waals surface area contributed by atoms with Crippen molar-refractivity contribution in [2.45, 2.75) is 20.4 Å². The second-order valence-electron chi connectivity index (χ2n) is 5.16. The maximum Gasteiger partial charge on any atom is 0.266 e. The number of aryl methyl sites for hydroxylation is 2. The molecule has 8 heteroatoms. The molecule has 0 saturated heterocycles. The van der Waals surface area contributed by atoms with Gasteiger partial charge in [-0.1, -0.05) is 0 Å². The summed E-state index contributed by atoms with van der Waals surface area (Å²) in [6.07, 6.45) is 1.44. The Morgan fingerprint density at radius 3 is 2.75 bits per heavy atom. The van der Waals surface area contributed by atoms with Crippen LogP contribution in [0.4, 0.5) is 14.5 Å². The number of rotatable bonds is 3. The van der Waals surface area contributed by atoms with Crippen molar-refractivity contribution in [3.8, 4) is 0 Å². The normalized spacial score (nSPS) is 11.0. The van der Waals surface area contributed by atoms with Crippen LogP contribution in [0.5, 0.6) is 0 Å². The van der Waals surface area contributed by atoms with Gasteiger partial charge in [-0.25, -0.2) is 13.8 Å². The van der Waals surface area contributed by atoms with Crippen molar-refractivity contribution in [1.82, 2.24) is 9.55 Å². The van der Waals surface area contributed by atoms with Gasteiger partial charge in [0.05, 0.1) is 16.6 Å². The number of hydrogen-bond acceptors (Lipinski definition) is 4. The third-order valence-corrected chi connectivity index (χ3v) is 4.84. The van der Waals surface area contributed by atoms with Gasteiger partial charge in [0.1, 0.15) is 4.83 Å². The molecule has 2 heterocycles. The molecule has 0 aliphatic rings. The van der Waals surface area contributed by atoms with Gasteiger partial charge < -0.3 is 5.32 Å². The Balaban J connectivity index is 2.01. The predicted molar refractivity (Wildman–Crippen MR) is 88.6 cm³/mol. The molecule has 1 amide bonds. The quantitative estimate of drug-likeness (QED) is 0.789. The van der Waals surface area contributed by atoms with E-state index >= 15 is 0 Å². The fourth-order valence-electron chi connectivity index (χ4n) is 2.36. The lowest BCUT2D eigenvalue weighted by Crippen LogP contribution is -2.19. The Kier molecular flexibility index (Phi) is 4.15. The molecule has 3 rings (SSSR count). The maximum atomic E-state index is 13.2. The van der Waals surface area contributed by atoms with Gasteiger partial charge in [0, 0.05) is 18.3 Å². The second kappa shape index (κ2) is 6.12. The summed E-state index contributed by atoms with van der Waals surface area (Å²) in [6.45, 7) is 3.98. The van der Waals surface area contributed by atoms with Crippen molar-refractivity contribution in [2.24, 2.45) is 0 Å². The molecule has 24 heavy (non-hydrogen) atoms. The molecule has 0 spiro atoms. The highest BCUT2D eigenvalue weighted by Gasteiger charge is 2.19. The van der Waals surface area contributed by atoms with Crippen LogP contribution in [0, 0.1) is 18.6 Å². The molecule has 2 aromatic heterocycles. The van der Waals surface area contributed by atoms with Crippen LogP contribution in [-0.2, 0) is 6.54 Å². The van der Waals surface area contributed by atoms with Crippen molar-refractivity contribution in [1.29, 1.82) is 0 Å². The zero-order valence-electron chi connectivity index (χ0n) is 12.9. The van der Waals surface area contributed by atoms with E-state index in [1.165, 1.54) is 17.0 Å². The molecule has 3 aromatic rings. The number of halogens is 2. The summed E-state index contributed by atoms with van der Waals surface area (Å²) in [6, 6.07) is 3.10. The minimum atomic E-state index is -1.05. The van der Waals surface area contributed by atoms with Crippen LogP contribution in [0.2, 0.25) is 0 Å². The highest BCUT2D eigenvalue weighted by atomic mass is 32.1. The first-order chi connectivity index (χ1) is 11.4. The molecule has 1 aromatic carbocycles. The summed E-state index contributed by atoms with van der Waals surface area (Å²) >= 11 is 1.09. The fourth-order valence-corrected chi connectivity index (χ4v) is 3.40. The van der Waals surface area contributed by atoms with Gasteiger partial charge in [-0.3, -0.25) is 14.2 Å². The third-order valence-electron chi connectivity index (χ3n) is 3.64. The predicted octanol–water partition coefficient (Wildman–Crippen LogP) is 3.32. The Morgan fingerprint density at radius 2 is 2.08 bits per heavy atom. The minimum absolute atomic E-state index is 0.134. The molecule has 0 fully saturated rings. The molecular formula is C16H13F2N3O2S. The van der Waals surface area contributed by atoms with Crippen molar-refractivity contribution in [3.63, 3.8) is 0 Å². The van der Waals surface area contributed by atoms with Gasteiger partial charge in [-0.15, -0.1) is 11.3 Å². The average Bonchev–Trinajstić information content (AvgIpc) is 2.89. The van der Waals surface area contributed by atoms with Crippen LogP contribution in [0.3, 0.4) is 0 Å². The third kappa shape index (κ3) is 2.69. The SMILES string of the molecule is CCn1cnc2sc(C(=O)Nc3ccc(F)c(F)c3)c(C)c2c1=O. The van der Waals surface area contributed by atoms with Gasteiger partial charge >= 0.3 is 0 Å². The van der Waals surface area contributed by atoms with E-state index in [9.17, 15) is 18.4 Å². The number of carbonyl (C=O) groups is 1. The van der Waals surface area contributed by atoms with Gasteiger partial charge in [-0.05, 0) is 31.5 Å². The zero-order valence-corrected chi connectivity index (χ0v) is 13.7. The number of amides is 1. The summed E-state index contributed by atoms with van der Waals surface area (Å²) in [5.74, 6) is -2.53. The number of nitrogens with zero attached hydrogens (tertiary/aromatic N) is 2. The van der Waals surface area contributed by atoms with Crippen molar-refractivity contribution < 1.29 is 13.6 Å². The van der Waals surface area contributed by atoms with Gasteiger partial charge in [0.2, 0.25) is 0 Å². The molecule has 1 N–H and O–H groups in total. The number of nitrogens with one attached hydrogen (secondary N) is 1. The standard InChI is InChI=1S/C16H13F2N3O2S/c1-3-21-7-19-15-12(16(21)23)8(2)13(24-15)14(22)20-9-4-5-10(17)11(18)6-9/h4-7H,3H2,1-2H3,(H,20,22). The molecule has 124 valence electrons. The highest BCUT2D eigenvalue weighted by Crippen LogP contribution is 2.27. The van der Waals surface area contributed by atoms with Gasteiger partial charge in [-0.2, -0.15) is 0 Å². The minimum Gasteiger partial charge on any atom is -0.321 e. The molecular weight excluding hydrogens is 336 g/mol. The van der Waals surface area contributed by atoms with E-state index in [0.29, 0.717) is 27.2 Å². The fraction of sp³-hybridized carbons (Fsp3) is 0.188. The molecule has 0 radical (unpaired) electrons. The number of benzene rings is 1. The Labute approximate surface area is 139 Å². The van der Waals surface area contributed by atoms with Crippen LogP contribution < -0.4 is 10.9 Å². The molecule has 0 aliphatic carbocycles. The van der Waals surface area contributed by atoms with Crippen LogP contribution in [0.1, 0.15) is 22.2 Å². The van der Waals surface area contributed by atoms with E-state index in [-0.39, 0.29) is 11.2 Å². The topological polar surface area (TPSA) is 64.0 Å². The summed E-state index contributed by atoms with van der Waals surface area (Å²) in [5, 5.41) is 2.91. The molecule has 5 nitrogen and oxygen atoms in total. The molecule has 0 aliphatic heterocycles. The Bertz CT molecular complexity index is 1010. The highest BCUT2D eigenvalue weighted by molar-refractivity contribution is 7.20. The van der Waals surface area contributed by atoms with Gasteiger partial charge in [0.25, 0.3) is 11.5 Å². The van der Waals surface area contributed by atoms with Crippen molar-refractivity contribution >= 4 is 33.1 Å². The van der Waals surface area contributed by atoms with Crippen LogP contribution >= 0.6 is 11.3 Å². The van der Waals surface area contributed by atoms with E-state index < -0.39 is 17.5 Å². The maximum absolute atomic E-state index is 13.2. The molecule has 0 unspecified atom stereocenters. The monoisotopic (exact) mass is 349 g/mol. The van der Waals surface area contributed by atoms with E-state index in [2.05, 4.69) is 10.3 Å². The summed E-state index contributed by atoms with van der Waals surface area (Å²) in [4.78, 5) is 29.8. The van der Waals surface area contributed by atoms with E-state index in [4.69, 9.17) is 0 Å². The lowest BCUT2D eigenvalue weighted by Gasteiger charge is -2.05. The summed E-state index contributed by atoms with van der Waals surface area (Å²) in [5.41, 5.74) is 0.452. The number of hydrogen-bond donors (Lipinski definition) is 1. The van der Waals surface area contributed by atoms with E-state index in [1.807, 2.05) is 6.92 Å². The van der Waals surface area contributed by atoms with E-state index in [0.717, 1.165) is 23.5 Å². The first kappa shape index (κ1) is 16.3. The van der Waals surface area contributed by atoms with E-state index in [1.54, 1.807) is 6.92 Å². The number of fused-ring (bicyclic) bond motifs is 1. The van der Waals surface area contributed by atoms with Crippen LogP contribution in [0.15, 0.2) is 29.3 Å². The average molecular weight is 349 g/mol. The first-order valence-corrected chi connectivity index (χ1v) is 7.99. The second-order valence-corrected chi connectivity index (χ2v) is 6.15. The smallest absolute Gasteiger partial charge is 0.266 e. The largest absolute Gasteiger partial charge is 0.321 e. The Morgan fingerprint density at radius 1 is 1.33 bits per heavy atom. The van der Waals surface area contributed by atoms with Crippen LogP contribution in [-0.4, -0.2) is 15.5 Å². The van der Waals surface area contributed by atoms with Crippen molar-refractivity contribution in [3.05, 3.63) is 57.0 Å². The number of anilines is 1. The number of aromatic nitrogens is 2. The molecule has 0 atom stereocenters.